The van der Waals surface area contributed by atoms with Crippen molar-refractivity contribution in [3.8, 4) is 0 Å². The van der Waals surface area contributed by atoms with E-state index in [-0.39, 0.29) is 0 Å². The number of rotatable bonds is 5. The SMILES string of the molecule is CCN(Cc1c(C)nn(C)c1C)C1CCCCC1CN. The summed E-state index contributed by atoms with van der Waals surface area (Å²) in [5, 5.41) is 4.55. The number of nitrogens with two attached hydrogens (primary N) is 1. The van der Waals surface area contributed by atoms with E-state index in [0.29, 0.717) is 12.0 Å². The third kappa shape index (κ3) is 3.07. The van der Waals surface area contributed by atoms with Gasteiger partial charge >= 0.3 is 0 Å². The predicted octanol–water partition coefficient (Wildman–Crippen LogP) is 2.38. The summed E-state index contributed by atoms with van der Waals surface area (Å²) in [6.07, 6.45) is 5.29. The quantitative estimate of drug-likeness (QED) is 0.899. The highest BCUT2D eigenvalue weighted by Gasteiger charge is 2.29. The molecular formula is C16H30N4. The first kappa shape index (κ1) is 15.5. The Morgan fingerprint density at radius 2 is 2.00 bits per heavy atom. The summed E-state index contributed by atoms with van der Waals surface area (Å²) in [5.41, 5.74) is 9.86. The minimum absolute atomic E-state index is 0.651. The standard InChI is InChI=1S/C16H30N4/c1-5-20(16-9-7-6-8-14(16)10-17)11-15-12(2)18-19(4)13(15)3/h14,16H,5-11,17H2,1-4H3. The first-order valence-electron chi connectivity index (χ1n) is 8.01. The third-order valence-corrected chi connectivity index (χ3v) is 5.07. The van der Waals surface area contributed by atoms with E-state index < -0.39 is 0 Å². The molecule has 4 heteroatoms. The van der Waals surface area contributed by atoms with Gasteiger partial charge in [-0.25, -0.2) is 0 Å². The molecule has 1 aliphatic carbocycles. The largest absolute Gasteiger partial charge is 0.330 e. The average Bonchev–Trinajstić information content (AvgIpc) is 2.70. The minimum atomic E-state index is 0.651. The molecule has 0 amide bonds. The van der Waals surface area contributed by atoms with Crippen molar-refractivity contribution in [2.24, 2.45) is 18.7 Å². The number of hydrogen-bond donors (Lipinski definition) is 1. The first-order valence-corrected chi connectivity index (χ1v) is 8.01. The molecule has 2 rings (SSSR count). The molecule has 2 N–H and O–H groups in total. The molecule has 1 aromatic heterocycles. The van der Waals surface area contributed by atoms with Gasteiger partial charge in [0.2, 0.25) is 0 Å². The maximum absolute atomic E-state index is 6.00. The Kier molecular flexibility index (Phi) is 5.22. The van der Waals surface area contributed by atoms with E-state index in [1.807, 2.05) is 11.7 Å². The zero-order chi connectivity index (χ0) is 14.7. The number of aryl methyl sites for hydroxylation is 2. The van der Waals surface area contributed by atoms with Gasteiger partial charge in [0.15, 0.2) is 0 Å². The highest BCUT2D eigenvalue weighted by molar-refractivity contribution is 5.24. The Morgan fingerprint density at radius 1 is 1.30 bits per heavy atom. The molecule has 1 aliphatic rings. The molecule has 0 aromatic carbocycles. The van der Waals surface area contributed by atoms with E-state index in [4.69, 9.17) is 5.73 Å². The summed E-state index contributed by atoms with van der Waals surface area (Å²) < 4.78 is 2.00. The van der Waals surface area contributed by atoms with Crippen LogP contribution in [0.15, 0.2) is 0 Å². The zero-order valence-corrected chi connectivity index (χ0v) is 13.5. The van der Waals surface area contributed by atoms with E-state index in [9.17, 15) is 0 Å². The molecule has 2 atom stereocenters. The summed E-state index contributed by atoms with van der Waals surface area (Å²) >= 11 is 0. The summed E-state index contributed by atoms with van der Waals surface area (Å²) in [7, 11) is 2.03. The molecule has 0 saturated heterocycles. The van der Waals surface area contributed by atoms with E-state index in [1.165, 1.54) is 42.6 Å². The van der Waals surface area contributed by atoms with Crippen LogP contribution in [-0.2, 0) is 13.6 Å². The van der Waals surface area contributed by atoms with Crippen LogP contribution < -0.4 is 5.73 Å². The molecule has 0 aliphatic heterocycles. The molecule has 1 aromatic rings. The number of hydrogen-bond acceptors (Lipinski definition) is 3. The number of nitrogens with zero attached hydrogens (tertiary/aromatic N) is 3. The summed E-state index contributed by atoms with van der Waals surface area (Å²) in [5.74, 6) is 0.668. The van der Waals surface area contributed by atoms with Crippen molar-refractivity contribution in [3.05, 3.63) is 17.0 Å². The lowest BCUT2D eigenvalue weighted by atomic mass is 9.83. The van der Waals surface area contributed by atoms with Crippen molar-refractivity contribution in [2.45, 2.75) is 59.0 Å². The minimum Gasteiger partial charge on any atom is -0.330 e. The van der Waals surface area contributed by atoms with Gasteiger partial charge in [0, 0.05) is 30.9 Å². The highest BCUT2D eigenvalue weighted by atomic mass is 15.3. The van der Waals surface area contributed by atoms with Crippen LogP contribution in [0, 0.1) is 19.8 Å². The van der Waals surface area contributed by atoms with E-state index in [1.54, 1.807) is 0 Å². The monoisotopic (exact) mass is 278 g/mol. The van der Waals surface area contributed by atoms with Gasteiger partial charge in [0.25, 0.3) is 0 Å². The molecule has 0 radical (unpaired) electrons. The van der Waals surface area contributed by atoms with Gasteiger partial charge in [-0.3, -0.25) is 9.58 Å². The van der Waals surface area contributed by atoms with Crippen molar-refractivity contribution in [3.63, 3.8) is 0 Å². The first-order chi connectivity index (χ1) is 9.58. The molecule has 1 saturated carbocycles. The maximum atomic E-state index is 6.00. The van der Waals surface area contributed by atoms with Gasteiger partial charge in [-0.1, -0.05) is 19.8 Å². The van der Waals surface area contributed by atoms with Crippen LogP contribution in [-0.4, -0.2) is 33.8 Å². The molecule has 1 heterocycles. The van der Waals surface area contributed by atoms with Crippen LogP contribution in [0.5, 0.6) is 0 Å². The van der Waals surface area contributed by atoms with Crippen LogP contribution in [0.1, 0.15) is 49.6 Å². The Morgan fingerprint density at radius 3 is 2.55 bits per heavy atom. The van der Waals surface area contributed by atoms with E-state index in [0.717, 1.165) is 19.6 Å². The fourth-order valence-corrected chi connectivity index (χ4v) is 3.66. The van der Waals surface area contributed by atoms with Gasteiger partial charge in [-0.15, -0.1) is 0 Å². The predicted molar refractivity (Wildman–Crippen MR) is 83.6 cm³/mol. The molecule has 2 unspecified atom stereocenters. The molecule has 0 spiro atoms. The number of aromatic nitrogens is 2. The Balaban J connectivity index is 2.15. The lowest BCUT2D eigenvalue weighted by Gasteiger charge is -2.39. The normalized spacial score (nSPS) is 23.5. The van der Waals surface area contributed by atoms with Gasteiger partial charge in [-0.05, 0) is 45.7 Å². The van der Waals surface area contributed by atoms with Crippen molar-refractivity contribution in [1.82, 2.24) is 14.7 Å². The van der Waals surface area contributed by atoms with Crippen molar-refractivity contribution < 1.29 is 0 Å². The van der Waals surface area contributed by atoms with E-state index >= 15 is 0 Å². The second-order valence-corrected chi connectivity index (χ2v) is 6.18. The molecule has 0 bridgehead atoms. The fourth-order valence-electron chi connectivity index (χ4n) is 3.66. The van der Waals surface area contributed by atoms with Gasteiger partial charge in [0.05, 0.1) is 5.69 Å². The van der Waals surface area contributed by atoms with Gasteiger partial charge < -0.3 is 5.73 Å². The van der Waals surface area contributed by atoms with Gasteiger partial charge in [0.1, 0.15) is 0 Å². The average molecular weight is 278 g/mol. The lowest BCUT2D eigenvalue weighted by Crippen LogP contribution is -2.44. The smallest absolute Gasteiger partial charge is 0.0641 e. The highest BCUT2D eigenvalue weighted by Crippen LogP contribution is 2.29. The van der Waals surface area contributed by atoms with Crippen molar-refractivity contribution >= 4 is 0 Å². The van der Waals surface area contributed by atoms with Crippen molar-refractivity contribution in [2.75, 3.05) is 13.1 Å². The zero-order valence-electron chi connectivity index (χ0n) is 13.5. The van der Waals surface area contributed by atoms with Gasteiger partial charge in [-0.2, -0.15) is 5.10 Å². The molecule has 114 valence electrons. The second-order valence-electron chi connectivity index (χ2n) is 6.18. The van der Waals surface area contributed by atoms with E-state index in [2.05, 4.69) is 30.8 Å². The third-order valence-electron chi connectivity index (χ3n) is 5.07. The summed E-state index contributed by atoms with van der Waals surface area (Å²) in [6, 6.07) is 0.651. The lowest BCUT2D eigenvalue weighted by molar-refractivity contribution is 0.105. The Hall–Kier alpha value is -0.870. The van der Waals surface area contributed by atoms with Crippen molar-refractivity contribution in [1.29, 1.82) is 0 Å². The van der Waals surface area contributed by atoms with Crippen LogP contribution in [0.2, 0.25) is 0 Å². The Labute approximate surface area is 123 Å². The summed E-state index contributed by atoms with van der Waals surface area (Å²) in [6.45, 7) is 9.50. The topological polar surface area (TPSA) is 47.1 Å². The summed E-state index contributed by atoms with van der Waals surface area (Å²) in [4.78, 5) is 2.62. The van der Waals surface area contributed by atoms with Crippen LogP contribution in [0.3, 0.4) is 0 Å². The van der Waals surface area contributed by atoms with Crippen LogP contribution in [0.25, 0.3) is 0 Å². The van der Waals surface area contributed by atoms with Crippen LogP contribution >= 0.6 is 0 Å². The molecule has 1 fully saturated rings. The molecule has 20 heavy (non-hydrogen) atoms. The maximum Gasteiger partial charge on any atom is 0.0641 e. The van der Waals surface area contributed by atoms with Crippen LogP contribution in [0.4, 0.5) is 0 Å². The molecule has 4 nitrogen and oxygen atoms in total. The fraction of sp³-hybridized carbons (Fsp3) is 0.812. The molecular weight excluding hydrogens is 248 g/mol. The Bertz CT molecular complexity index is 438. The second kappa shape index (κ2) is 6.72.